The van der Waals surface area contributed by atoms with Crippen LogP contribution in [0.5, 0.6) is 28.7 Å². The average Bonchev–Trinajstić information content (AvgIpc) is 2.92. The molecular formula is C24H32O6. The first-order chi connectivity index (χ1) is 14.6. The molecule has 1 atom stereocenters. The van der Waals surface area contributed by atoms with Gasteiger partial charge in [-0.05, 0) is 49.4 Å². The minimum Gasteiger partial charge on any atom is -0.507 e. The number of fused-ring (bicyclic) bond motifs is 3. The molecule has 2 aromatic rings. The Morgan fingerprint density at radius 2 is 1.67 bits per heavy atom. The number of phenols is 1. The van der Waals surface area contributed by atoms with E-state index in [0.717, 1.165) is 53.7 Å². The van der Waals surface area contributed by atoms with Crippen LogP contribution in [0.3, 0.4) is 0 Å². The summed E-state index contributed by atoms with van der Waals surface area (Å²) < 4.78 is 28.9. The van der Waals surface area contributed by atoms with Crippen LogP contribution in [0.25, 0.3) is 11.1 Å². The first-order valence-electron chi connectivity index (χ1n) is 10.4. The lowest BCUT2D eigenvalue weighted by molar-refractivity contribution is 0.0939. The maximum absolute atomic E-state index is 11.4. The van der Waals surface area contributed by atoms with Gasteiger partial charge in [-0.2, -0.15) is 0 Å². The molecule has 0 unspecified atom stereocenters. The minimum absolute atomic E-state index is 0.225. The van der Waals surface area contributed by atoms with Crippen LogP contribution >= 0.6 is 0 Å². The SMILES string of the molecule is CCCc1cc(OCC)c2c(c1O)-c1c(cc(OC)c(OC)c1OC)CC[C@@H]2OC. The molecule has 0 spiro atoms. The van der Waals surface area contributed by atoms with E-state index in [2.05, 4.69) is 6.92 Å². The van der Waals surface area contributed by atoms with E-state index < -0.39 is 0 Å². The van der Waals surface area contributed by atoms with E-state index in [1.54, 1.807) is 28.4 Å². The predicted octanol–water partition coefficient (Wildman–Crippen LogP) is 5.07. The molecule has 0 radical (unpaired) electrons. The van der Waals surface area contributed by atoms with Crippen molar-refractivity contribution in [3.8, 4) is 39.9 Å². The van der Waals surface area contributed by atoms with Crippen LogP contribution in [0.4, 0.5) is 0 Å². The van der Waals surface area contributed by atoms with Gasteiger partial charge in [0.15, 0.2) is 11.5 Å². The summed E-state index contributed by atoms with van der Waals surface area (Å²) in [5, 5.41) is 11.4. The lowest BCUT2D eigenvalue weighted by Crippen LogP contribution is -2.08. The van der Waals surface area contributed by atoms with Crippen LogP contribution in [0.2, 0.25) is 0 Å². The molecule has 0 amide bonds. The van der Waals surface area contributed by atoms with E-state index in [4.69, 9.17) is 23.7 Å². The Morgan fingerprint density at radius 1 is 0.933 bits per heavy atom. The number of benzene rings is 2. The van der Waals surface area contributed by atoms with Gasteiger partial charge in [0.1, 0.15) is 11.5 Å². The number of ether oxygens (including phenoxy) is 5. The fraction of sp³-hybridized carbons (Fsp3) is 0.500. The van der Waals surface area contributed by atoms with Gasteiger partial charge in [0.2, 0.25) is 5.75 Å². The Morgan fingerprint density at radius 3 is 2.23 bits per heavy atom. The van der Waals surface area contributed by atoms with Crippen molar-refractivity contribution < 1.29 is 28.8 Å². The molecule has 164 valence electrons. The zero-order valence-corrected chi connectivity index (χ0v) is 18.8. The van der Waals surface area contributed by atoms with E-state index in [-0.39, 0.29) is 11.9 Å². The molecule has 1 N–H and O–H groups in total. The highest BCUT2D eigenvalue weighted by Crippen LogP contribution is 2.55. The topological polar surface area (TPSA) is 66.4 Å². The maximum Gasteiger partial charge on any atom is 0.203 e. The highest BCUT2D eigenvalue weighted by molar-refractivity contribution is 5.88. The molecule has 6 nitrogen and oxygen atoms in total. The lowest BCUT2D eigenvalue weighted by Gasteiger charge is -2.24. The van der Waals surface area contributed by atoms with Gasteiger partial charge >= 0.3 is 0 Å². The molecule has 3 rings (SSSR count). The van der Waals surface area contributed by atoms with E-state index >= 15 is 0 Å². The molecule has 0 fully saturated rings. The summed E-state index contributed by atoms with van der Waals surface area (Å²) in [6, 6.07) is 3.91. The minimum atomic E-state index is -0.225. The summed E-state index contributed by atoms with van der Waals surface area (Å²) in [4.78, 5) is 0. The maximum atomic E-state index is 11.4. The van der Waals surface area contributed by atoms with Crippen molar-refractivity contribution in [2.75, 3.05) is 35.0 Å². The largest absolute Gasteiger partial charge is 0.507 e. The number of hydrogen-bond donors (Lipinski definition) is 1. The van der Waals surface area contributed by atoms with Crippen LogP contribution in [0, 0.1) is 0 Å². The highest BCUT2D eigenvalue weighted by atomic mass is 16.5. The molecule has 0 aliphatic heterocycles. The predicted molar refractivity (Wildman–Crippen MR) is 116 cm³/mol. The zero-order chi connectivity index (χ0) is 21.8. The van der Waals surface area contributed by atoms with Gasteiger partial charge < -0.3 is 28.8 Å². The molecule has 1 aliphatic rings. The number of hydrogen-bond acceptors (Lipinski definition) is 6. The van der Waals surface area contributed by atoms with Gasteiger partial charge in [-0.3, -0.25) is 0 Å². The van der Waals surface area contributed by atoms with Crippen molar-refractivity contribution >= 4 is 0 Å². The molecule has 1 aliphatic carbocycles. The third kappa shape index (κ3) is 3.65. The highest BCUT2D eigenvalue weighted by Gasteiger charge is 2.34. The van der Waals surface area contributed by atoms with Crippen LogP contribution in [-0.4, -0.2) is 40.2 Å². The Balaban J connectivity index is 2.48. The summed E-state index contributed by atoms with van der Waals surface area (Å²) in [5.41, 5.74) is 4.21. The Hall–Kier alpha value is -2.60. The molecule has 0 saturated carbocycles. The molecular weight excluding hydrogens is 384 g/mol. The first-order valence-corrected chi connectivity index (χ1v) is 10.4. The summed E-state index contributed by atoms with van der Waals surface area (Å²) in [7, 11) is 6.49. The number of rotatable bonds is 8. The first kappa shape index (κ1) is 22.1. The summed E-state index contributed by atoms with van der Waals surface area (Å²) in [5.74, 6) is 2.62. The fourth-order valence-corrected chi connectivity index (χ4v) is 4.37. The molecule has 0 saturated heterocycles. The zero-order valence-electron chi connectivity index (χ0n) is 18.8. The third-order valence-corrected chi connectivity index (χ3v) is 5.64. The smallest absolute Gasteiger partial charge is 0.203 e. The second-order valence-corrected chi connectivity index (χ2v) is 7.30. The quantitative estimate of drug-likeness (QED) is 0.648. The van der Waals surface area contributed by atoms with Crippen molar-refractivity contribution in [1.29, 1.82) is 0 Å². The number of methoxy groups -OCH3 is 4. The van der Waals surface area contributed by atoms with E-state index in [1.807, 2.05) is 19.1 Å². The van der Waals surface area contributed by atoms with Crippen LogP contribution < -0.4 is 18.9 Å². The van der Waals surface area contributed by atoms with Crippen molar-refractivity contribution in [3.05, 3.63) is 28.8 Å². The van der Waals surface area contributed by atoms with Gasteiger partial charge in [-0.25, -0.2) is 0 Å². The third-order valence-electron chi connectivity index (χ3n) is 5.64. The second-order valence-electron chi connectivity index (χ2n) is 7.30. The van der Waals surface area contributed by atoms with Crippen LogP contribution in [-0.2, 0) is 17.6 Å². The fourth-order valence-electron chi connectivity index (χ4n) is 4.37. The van der Waals surface area contributed by atoms with Crippen molar-refractivity contribution in [1.82, 2.24) is 0 Å². The van der Waals surface area contributed by atoms with Crippen LogP contribution in [0.1, 0.15) is 49.5 Å². The molecule has 2 aromatic carbocycles. The molecule has 0 aromatic heterocycles. The normalized spacial score (nSPS) is 15.1. The monoisotopic (exact) mass is 416 g/mol. The molecule has 6 heteroatoms. The lowest BCUT2D eigenvalue weighted by atomic mass is 9.89. The van der Waals surface area contributed by atoms with Gasteiger partial charge in [0, 0.05) is 23.8 Å². The summed E-state index contributed by atoms with van der Waals surface area (Å²) in [6.07, 6.45) is 2.88. The standard InChI is InChI=1S/C24H32O6/c1-7-9-15-13-17(30-8-2)20-16(26-3)11-10-14-12-18(27-4)23(28-5)24(29-6)19(14)21(20)22(15)25/h12-13,16,25H,7-11H2,1-6H3/t16-/m0/s1. The molecule has 0 bridgehead atoms. The van der Waals surface area contributed by atoms with Gasteiger partial charge in [-0.1, -0.05) is 13.3 Å². The van der Waals surface area contributed by atoms with Crippen molar-refractivity contribution in [2.24, 2.45) is 0 Å². The second kappa shape index (κ2) is 9.47. The van der Waals surface area contributed by atoms with E-state index in [0.29, 0.717) is 29.4 Å². The Kier molecular flexibility index (Phi) is 6.98. The molecule has 30 heavy (non-hydrogen) atoms. The van der Waals surface area contributed by atoms with Crippen LogP contribution in [0.15, 0.2) is 12.1 Å². The molecule has 0 heterocycles. The average molecular weight is 417 g/mol. The van der Waals surface area contributed by atoms with E-state index in [9.17, 15) is 5.11 Å². The number of aromatic hydroxyl groups is 1. The summed E-state index contributed by atoms with van der Waals surface area (Å²) >= 11 is 0. The van der Waals surface area contributed by atoms with Crippen molar-refractivity contribution in [3.63, 3.8) is 0 Å². The Bertz CT molecular complexity index is 906. The van der Waals surface area contributed by atoms with Gasteiger partial charge in [0.25, 0.3) is 0 Å². The number of phenolic OH excluding ortho intramolecular Hbond substituents is 1. The van der Waals surface area contributed by atoms with Gasteiger partial charge in [0.05, 0.1) is 34.0 Å². The number of aryl methyl sites for hydroxylation is 2. The Labute approximate surface area is 178 Å². The van der Waals surface area contributed by atoms with Crippen molar-refractivity contribution in [2.45, 2.75) is 45.6 Å². The van der Waals surface area contributed by atoms with E-state index in [1.165, 1.54) is 0 Å². The summed E-state index contributed by atoms with van der Waals surface area (Å²) in [6.45, 7) is 4.57. The van der Waals surface area contributed by atoms with Gasteiger partial charge in [-0.15, -0.1) is 0 Å².